The summed E-state index contributed by atoms with van der Waals surface area (Å²) in [4.78, 5) is 13.5. The van der Waals surface area contributed by atoms with E-state index in [2.05, 4.69) is 26.6 Å². The number of pyridine rings is 1. The van der Waals surface area contributed by atoms with E-state index in [0.29, 0.717) is 0 Å². The van der Waals surface area contributed by atoms with Crippen molar-refractivity contribution in [2.45, 2.75) is 50.2 Å². The van der Waals surface area contributed by atoms with Crippen LogP contribution in [-0.4, -0.2) is 11.4 Å². The molecule has 6 aliphatic rings. The predicted molar refractivity (Wildman–Crippen MR) is 106 cm³/mol. The SMILES string of the molecule is O=C(NC12CC3CC(CC(C3)C1)C2)C1NC(=C2C=CNC=C2)c2cccc[n+]21. The monoisotopic (exact) mass is 375 g/mol. The van der Waals surface area contributed by atoms with Crippen molar-refractivity contribution >= 4 is 11.6 Å². The van der Waals surface area contributed by atoms with Crippen molar-refractivity contribution in [1.82, 2.24) is 16.0 Å². The molecule has 5 heteroatoms. The number of nitrogens with one attached hydrogen (secondary N) is 3. The lowest BCUT2D eigenvalue weighted by atomic mass is 9.53. The summed E-state index contributed by atoms with van der Waals surface area (Å²) in [6.07, 6.45) is 17.2. The van der Waals surface area contributed by atoms with Gasteiger partial charge in [0.05, 0.1) is 0 Å². The Balaban J connectivity index is 1.30. The van der Waals surface area contributed by atoms with Gasteiger partial charge in [-0.25, -0.2) is 0 Å². The van der Waals surface area contributed by atoms with Crippen LogP contribution in [0.1, 0.15) is 50.4 Å². The molecule has 4 saturated carbocycles. The Morgan fingerprint density at radius 2 is 1.71 bits per heavy atom. The zero-order chi connectivity index (χ0) is 18.7. The molecule has 3 heterocycles. The molecule has 4 fully saturated rings. The third kappa shape index (κ3) is 2.52. The smallest absolute Gasteiger partial charge is 0.312 e. The summed E-state index contributed by atoms with van der Waals surface area (Å²) in [6.45, 7) is 0. The van der Waals surface area contributed by atoms with Crippen LogP contribution in [0.25, 0.3) is 5.70 Å². The minimum Gasteiger partial charge on any atom is -0.368 e. The number of amides is 1. The van der Waals surface area contributed by atoms with Crippen LogP contribution in [0.5, 0.6) is 0 Å². The molecule has 0 saturated heterocycles. The molecule has 1 aromatic rings. The fraction of sp³-hybridized carbons (Fsp3) is 0.478. The maximum atomic E-state index is 13.5. The molecule has 144 valence electrons. The van der Waals surface area contributed by atoms with Gasteiger partial charge in [-0.2, -0.15) is 4.57 Å². The summed E-state index contributed by atoms with van der Waals surface area (Å²) < 4.78 is 2.07. The Morgan fingerprint density at radius 3 is 2.39 bits per heavy atom. The van der Waals surface area contributed by atoms with Crippen molar-refractivity contribution in [2.24, 2.45) is 17.8 Å². The van der Waals surface area contributed by atoms with Gasteiger partial charge in [-0.05, 0) is 74.5 Å². The minimum absolute atomic E-state index is 0.0352. The number of hydrogen-bond donors (Lipinski definition) is 3. The van der Waals surface area contributed by atoms with Gasteiger partial charge in [0.25, 0.3) is 0 Å². The molecule has 0 aromatic carbocycles. The second-order valence-corrected chi connectivity index (χ2v) is 9.39. The maximum absolute atomic E-state index is 13.5. The molecule has 1 amide bonds. The van der Waals surface area contributed by atoms with Gasteiger partial charge in [-0.1, -0.05) is 0 Å². The lowest BCUT2D eigenvalue weighted by Gasteiger charge is -2.56. The number of dihydropyridines is 1. The van der Waals surface area contributed by atoms with Gasteiger partial charge in [-0.15, -0.1) is 0 Å². The Morgan fingerprint density at radius 1 is 1.04 bits per heavy atom. The number of carbonyl (C=O) groups is 1. The first kappa shape index (κ1) is 16.4. The third-order valence-corrected chi connectivity index (χ3v) is 7.39. The number of aromatic nitrogens is 1. The summed E-state index contributed by atoms with van der Waals surface area (Å²) in [5, 5.41) is 10.1. The quantitative estimate of drug-likeness (QED) is 0.696. The van der Waals surface area contributed by atoms with Crippen molar-refractivity contribution in [3.05, 3.63) is 60.2 Å². The fourth-order valence-electron chi connectivity index (χ4n) is 6.74. The second kappa shape index (κ2) is 5.97. The standard InChI is InChI=1S/C23H26N4O/c28-22(26-23-12-15-9-16(13-23)11-17(10-15)14-23)21-25-20(18-4-6-24-7-5-18)19-3-1-2-8-27(19)21/h1-8,15-17,21,25H,9-14H2,(H,26,28)/p+1. The predicted octanol–water partition coefficient (Wildman–Crippen LogP) is 2.50. The largest absolute Gasteiger partial charge is 0.368 e. The second-order valence-electron chi connectivity index (χ2n) is 9.39. The van der Waals surface area contributed by atoms with E-state index in [4.69, 9.17) is 0 Å². The third-order valence-electron chi connectivity index (χ3n) is 7.39. The van der Waals surface area contributed by atoms with E-state index in [1.54, 1.807) is 0 Å². The van der Waals surface area contributed by atoms with Crippen LogP contribution in [0.4, 0.5) is 0 Å². The first-order valence-corrected chi connectivity index (χ1v) is 10.6. The van der Waals surface area contributed by atoms with Gasteiger partial charge < -0.3 is 16.0 Å². The molecule has 4 bridgehead atoms. The molecule has 5 nitrogen and oxygen atoms in total. The molecule has 0 spiro atoms. The van der Waals surface area contributed by atoms with Crippen molar-refractivity contribution in [3.8, 4) is 0 Å². The number of allylic oxidation sites excluding steroid dienone is 3. The summed E-state index contributed by atoms with van der Waals surface area (Å²) in [7, 11) is 0. The summed E-state index contributed by atoms with van der Waals surface area (Å²) >= 11 is 0. The Hall–Kier alpha value is -2.56. The highest BCUT2D eigenvalue weighted by atomic mass is 16.2. The molecule has 4 aliphatic carbocycles. The zero-order valence-corrected chi connectivity index (χ0v) is 16.0. The molecular formula is C23H27N4O+. The molecule has 0 radical (unpaired) electrons. The van der Waals surface area contributed by atoms with Gasteiger partial charge in [0, 0.05) is 35.6 Å². The average Bonchev–Trinajstić information content (AvgIpc) is 3.07. The van der Waals surface area contributed by atoms with Crippen LogP contribution in [0, 0.1) is 17.8 Å². The van der Waals surface area contributed by atoms with Crippen molar-refractivity contribution < 1.29 is 9.36 Å². The molecule has 28 heavy (non-hydrogen) atoms. The normalized spacial score (nSPS) is 36.9. The van der Waals surface area contributed by atoms with E-state index in [-0.39, 0.29) is 17.6 Å². The van der Waals surface area contributed by atoms with Crippen LogP contribution in [0.3, 0.4) is 0 Å². The van der Waals surface area contributed by atoms with E-state index in [1.807, 2.05) is 42.9 Å². The molecule has 1 aromatic heterocycles. The number of fused-ring (bicyclic) bond motifs is 1. The van der Waals surface area contributed by atoms with Gasteiger partial charge in [0.15, 0.2) is 6.20 Å². The Bertz CT molecular complexity index is 879. The van der Waals surface area contributed by atoms with Gasteiger partial charge >= 0.3 is 12.1 Å². The Kier molecular flexibility index (Phi) is 3.49. The molecule has 7 rings (SSSR count). The fourth-order valence-corrected chi connectivity index (χ4v) is 6.74. The van der Waals surface area contributed by atoms with Gasteiger partial charge in [0.1, 0.15) is 5.70 Å². The van der Waals surface area contributed by atoms with Crippen molar-refractivity contribution in [1.29, 1.82) is 0 Å². The minimum atomic E-state index is -0.386. The topological polar surface area (TPSA) is 57.0 Å². The molecule has 1 atom stereocenters. The highest BCUT2D eigenvalue weighted by molar-refractivity contribution is 5.83. The number of nitrogens with zero attached hydrogens (tertiary/aromatic N) is 1. The molecule has 1 unspecified atom stereocenters. The van der Waals surface area contributed by atoms with Crippen LogP contribution in [0.2, 0.25) is 0 Å². The zero-order valence-electron chi connectivity index (χ0n) is 16.0. The van der Waals surface area contributed by atoms with E-state index in [1.165, 1.54) is 38.5 Å². The summed E-state index contributed by atoms with van der Waals surface area (Å²) in [6, 6.07) is 6.11. The molecular weight excluding hydrogens is 348 g/mol. The van der Waals surface area contributed by atoms with Crippen molar-refractivity contribution in [2.75, 3.05) is 0 Å². The lowest BCUT2D eigenvalue weighted by molar-refractivity contribution is -0.705. The van der Waals surface area contributed by atoms with Crippen molar-refractivity contribution in [3.63, 3.8) is 0 Å². The van der Waals surface area contributed by atoms with Crippen LogP contribution < -0.4 is 20.5 Å². The van der Waals surface area contributed by atoms with Gasteiger partial charge in [0.2, 0.25) is 5.69 Å². The number of carbonyl (C=O) groups excluding carboxylic acids is 1. The first-order chi connectivity index (χ1) is 13.7. The van der Waals surface area contributed by atoms with Crippen LogP contribution >= 0.6 is 0 Å². The molecule has 2 aliphatic heterocycles. The lowest BCUT2D eigenvalue weighted by Crippen LogP contribution is -2.63. The van der Waals surface area contributed by atoms with Crippen LogP contribution in [0.15, 0.2) is 54.5 Å². The number of hydrogen-bond acceptors (Lipinski definition) is 3. The highest BCUT2D eigenvalue weighted by Gasteiger charge is 2.53. The van der Waals surface area contributed by atoms with Gasteiger partial charge in [-0.3, -0.25) is 4.79 Å². The first-order valence-electron chi connectivity index (χ1n) is 10.6. The highest BCUT2D eigenvalue weighted by Crippen LogP contribution is 2.55. The number of rotatable bonds is 2. The van der Waals surface area contributed by atoms with E-state index >= 15 is 0 Å². The van der Waals surface area contributed by atoms with Crippen LogP contribution in [-0.2, 0) is 4.79 Å². The Labute approximate surface area is 165 Å². The van der Waals surface area contributed by atoms with E-state index < -0.39 is 0 Å². The summed E-state index contributed by atoms with van der Waals surface area (Å²) in [5.74, 6) is 2.58. The summed E-state index contributed by atoms with van der Waals surface area (Å²) in [5.41, 5.74) is 3.19. The average molecular weight is 375 g/mol. The van der Waals surface area contributed by atoms with E-state index in [0.717, 1.165) is 34.7 Å². The maximum Gasteiger partial charge on any atom is 0.312 e. The molecule has 3 N–H and O–H groups in total. The van der Waals surface area contributed by atoms with E-state index in [9.17, 15) is 4.79 Å².